The first kappa shape index (κ1) is 9.96. The van der Waals surface area contributed by atoms with Crippen LogP contribution in [0.5, 0.6) is 0 Å². The van der Waals surface area contributed by atoms with E-state index in [9.17, 15) is 0 Å². The van der Waals surface area contributed by atoms with Crippen molar-refractivity contribution in [1.29, 1.82) is 0 Å². The molecule has 0 saturated carbocycles. The van der Waals surface area contributed by atoms with Crippen LogP contribution in [0.3, 0.4) is 0 Å². The van der Waals surface area contributed by atoms with Crippen LogP contribution in [0.15, 0.2) is 0 Å². The molecule has 1 aliphatic heterocycles. The van der Waals surface area contributed by atoms with Gasteiger partial charge in [0.1, 0.15) is 0 Å². The summed E-state index contributed by atoms with van der Waals surface area (Å²) in [6, 6.07) is 0.369. The van der Waals surface area contributed by atoms with Crippen molar-refractivity contribution in [3.8, 4) is 0 Å². The van der Waals surface area contributed by atoms with E-state index in [1.807, 2.05) is 0 Å². The lowest BCUT2D eigenvalue weighted by Crippen LogP contribution is -2.48. The predicted molar refractivity (Wildman–Crippen MR) is 52.2 cm³/mol. The van der Waals surface area contributed by atoms with Crippen LogP contribution < -0.4 is 5.73 Å². The Balaban J connectivity index is 2.17. The Hall–Kier alpha value is -0.120. The van der Waals surface area contributed by atoms with Crippen LogP contribution in [0.25, 0.3) is 0 Å². The molecule has 1 aliphatic rings. The molecule has 3 nitrogen and oxygen atoms in total. The van der Waals surface area contributed by atoms with Crippen molar-refractivity contribution in [2.45, 2.75) is 19.4 Å². The minimum atomic E-state index is 0.369. The third kappa shape index (κ3) is 3.09. The smallest absolute Gasteiger partial charge is 0.0165 e. The van der Waals surface area contributed by atoms with Gasteiger partial charge in [-0.05, 0) is 13.5 Å². The molecule has 1 heterocycles. The standard InChI is InChI=1S/C9H21N3/c1-3-9(10)8-12-6-4-11(2)5-7-12/h9H,3-8,10H2,1-2H3/t9-/m0/s1. The number of hydrogen-bond acceptors (Lipinski definition) is 3. The van der Waals surface area contributed by atoms with Crippen LogP contribution in [-0.4, -0.2) is 55.6 Å². The minimum Gasteiger partial charge on any atom is -0.327 e. The van der Waals surface area contributed by atoms with E-state index in [2.05, 4.69) is 23.8 Å². The van der Waals surface area contributed by atoms with E-state index >= 15 is 0 Å². The maximum absolute atomic E-state index is 5.88. The van der Waals surface area contributed by atoms with E-state index in [1.165, 1.54) is 26.2 Å². The molecule has 0 aromatic heterocycles. The molecule has 3 heteroatoms. The predicted octanol–water partition coefficient (Wildman–Crippen LogP) is -0.0289. The highest BCUT2D eigenvalue weighted by Gasteiger charge is 2.14. The van der Waals surface area contributed by atoms with Gasteiger partial charge in [-0.1, -0.05) is 6.92 Å². The van der Waals surface area contributed by atoms with E-state index in [-0.39, 0.29) is 0 Å². The number of hydrogen-bond donors (Lipinski definition) is 1. The van der Waals surface area contributed by atoms with Crippen molar-refractivity contribution in [2.24, 2.45) is 5.73 Å². The summed E-state index contributed by atoms with van der Waals surface area (Å²) in [6.45, 7) is 7.98. The first-order valence-corrected chi connectivity index (χ1v) is 4.89. The van der Waals surface area contributed by atoms with Crippen LogP contribution in [-0.2, 0) is 0 Å². The van der Waals surface area contributed by atoms with Crippen molar-refractivity contribution in [3.63, 3.8) is 0 Å². The molecule has 0 aromatic rings. The summed E-state index contributed by atoms with van der Waals surface area (Å²) in [7, 11) is 2.18. The second-order valence-corrected chi connectivity index (χ2v) is 3.77. The monoisotopic (exact) mass is 171 g/mol. The lowest BCUT2D eigenvalue weighted by molar-refractivity contribution is 0.147. The van der Waals surface area contributed by atoms with Gasteiger partial charge in [-0.2, -0.15) is 0 Å². The lowest BCUT2D eigenvalue weighted by Gasteiger charge is -2.33. The average molecular weight is 171 g/mol. The molecule has 0 spiro atoms. The molecular formula is C9H21N3. The zero-order valence-corrected chi connectivity index (χ0v) is 8.29. The second kappa shape index (κ2) is 4.80. The topological polar surface area (TPSA) is 32.5 Å². The van der Waals surface area contributed by atoms with Crippen molar-refractivity contribution in [3.05, 3.63) is 0 Å². The number of nitrogens with zero attached hydrogens (tertiary/aromatic N) is 2. The maximum Gasteiger partial charge on any atom is 0.0165 e. The quantitative estimate of drug-likeness (QED) is 0.647. The molecule has 0 bridgehead atoms. The third-order valence-electron chi connectivity index (χ3n) is 2.61. The average Bonchev–Trinajstić information content (AvgIpc) is 2.09. The number of likely N-dealkylation sites (N-methyl/N-ethyl adjacent to an activating group) is 1. The Bertz CT molecular complexity index is 119. The second-order valence-electron chi connectivity index (χ2n) is 3.77. The van der Waals surface area contributed by atoms with Gasteiger partial charge in [-0.15, -0.1) is 0 Å². The largest absolute Gasteiger partial charge is 0.327 e. The van der Waals surface area contributed by atoms with Crippen LogP contribution in [0.1, 0.15) is 13.3 Å². The van der Waals surface area contributed by atoms with E-state index in [0.29, 0.717) is 6.04 Å². The summed E-state index contributed by atoms with van der Waals surface area (Å²) in [5.74, 6) is 0. The Morgan fingerprint density at radius 2 is 1.83 bits per heavy atom. The van der Waals surface area contributed by atoms with Gasteiger partial charge in [-0.3, -0.25) is 4.90 Å². The number of rotatable bonds is 3. The van der Waals surface area contributed by atoms with Crippen molar-refractivity contribution < 1.29 is 0 Å². The molecule has 1 atom stereocenters. The molecule has 12 heavy (non-hydrogen) atoms. The van der Waals surface area contributed by atoms with Crippen molar-refractivity contribution in [2.75, 3.05) is 39.8 Å². The normalized spacial score (nSPS) is 24.2. The lowest BCUT2D eigenvalue weighted by atomic mass is 10.2. The fraction of sp³-hybridized carbons (Fsp3) is 1.00. The highest BCUT2D eigenvalue weighted by atomic mass is 15.2. The molecule has 0 radical (unpaired) electrons. The summed E-state index contributed by atoms with van der Waals surface area (Å²) in [4.78, 5) is 4.84. The van der Waals surface area contributed by atoms with Crippen molar-refractivity contribution in [1.82, 2.24) is 9.80 Å². The van der Waals surface area contributed by atoms with Gasteiger partial charge >= 0.3 is 0 Å². The van der Waals surface area contributed by atoms with Gasteiger partial charge in [0, 0.05) is 38.8 Å². The Labute approximate surface area is 75.5 Å². The van der Waals surface area contributed by atoms with Crippen LogP contribution in [0, 0.1) is 0 Å². The summed E-state index contributed by atoms with van der Waals surface area (Å²) in [5.41, 5.74) is 5.88. The van der Waals surface area contributed by atoms with E-state index in [1.54, 1.807) is 0 Å². The summed E-state index contributed by atoms with van der Waals surface area (Å²) in [5, 5.41) is 0. The number of nitrogens with two attached hydrogens (primary N) is 1. The van der Waals surface area contributed by atoms with Crippen LogP contribution >= 0.6 is 0 Å². The third-order valence-corrected chi connectivity index (χ3v) is 2.61. The molecule has 0 aliphatic carbocycles. The zero-order chi connectivity index (χ0) is 8.97. The SMILES string of the molecule is CC[C@H](N)CN1CCN(C)CC1. The summed E-state index contributed by atoms with van der Waals surface area (Å²) < 4.78 is 0. The van der Waals surface area contributed by atoms with E-state index in [4.69, 9.17) is 5.73 Å². The van der Waals surface area contributed by atoms with Gasteiger partial charge in [-0.25, -0.2) is 0 Å². The number of piperazine rings is 1. The first-order chi connectivity index (χ1) is 5.72. The minimum absolute atomic E-state index is 0.369. The molecule has 2 N–H and O–H groups in total. The van der Waals surface area contributed by atoms with E-state index in [0.717, 1.165) is 13.0 Å². The zero-order valence-electron chi connectivity index (χ0n) is 8.29. The summed E-state index contributed by atoms with van der Waals surface area (Å²) >= 11 is 0. The molecule has 1 rings (SSSR count). The molecular weight excluding hydrogens is 150 g/mol. The molecule has 0 amide bonds. The highest BCUT2D eigenvalue weighted by molar-refractivity contribution is 4.73. The van der Waals surface area contributed by atoms with Gasteiger partial charge in [0.05, 0.1) is 0 Å². The highest BCUT2D eigenvalue weighted by Crippen LogP contribution is 2.00. The fourth-order valence-electron chi connectivity index (χ4n) is 1.49. The first-order valence-electron chi connectivity index (χ1n) is 4.89. The van der Waals surface area contributed by atoms with Gasteiger partial charge < -0.3 is 10.6 Å². The van der Waals surface area contributed by atoms with Gasteiger partial charge in [0.2, 0.25) is 0 Å². The molecule has 1 fully saturated rings. The molecule has 0 unspecified atom stereocenters. The van der Waals surface area contributed by atoms with Crippen LogP contribution in [0.2, 0.25) is 0 Å². The molecule has 72 valence electrons. The maximum atomic E-state index is 5.88. The molecule has 1 saturated heterocycles. The Morgan fingerprint density at radius 3 is 2.33 bits per heavy atom. The Morgan fingerprint density at radius 1 is 1.25 bits per heavy atom. The Kier molecular flexibility index (Phi) is 3.98. The van der Waals surface area contributed by atoms with Crippen LogP contribution in [0.4, 0.5) is 0 Å². The molecule has 0 aromatic carbocycles. The summed E-state index contributed by atoms with van der Waals surface area (Å²) in [6.07, 6.45) is 1.09. The van der Waals surface area contributed by atoms with Gasteiger partial charge in [0.25, 0.3) is 0 Å². The van der Waals surface area contributed by atoms with E-state index < -0.39 is 0 Å². The van der Waals surface area contributed by atoms with Crippen molar-refractivity contribution >= 4 is 0 Å². The van der Waals surface area contributed by atoms with Gasteiger partial charge in [0.15, 0.2) is 0 Å². The fourth-order valence-corrected chi connectivity index (χ4v) is 1.49.